The lowest BCUT2D eigenvalue weighted by Crippen LogP contribution is -2.22. The molecule has 0 bridgehead atoms. The Bertz CT molecular complexity index is 357. The third kappa shape index (κ3) is 6.10. The summed E-state index contributed by atoms with van der Waals surface area (Å²) in [6.45, 7) is 6.27. The largest absolute Gasteiger partial charge is 0.416 e. The fraction of sp³-hybridized carbons (Fsp3) is 0.600. The maximum atomic E-state index is 12.4. The Labute approximate surface area is 113 Å². The highest BCUT2D eigenvalue weighted by Gasteiger charge is 2.29. The second-order valence-electron chi connectivity index (χ2n) is 5.04. The van der Waals surface area contributed by atoms with Crippen molar-refractivity contribution in [3.63, 3.8) is 0 Å². The molecule has 0 amide bonds. The van der Waals surface area contributed by atoms with E-state index in [0.717, 1.165) is 50.0 Å². The van der Waals surface area contributed by atoms with Crippen molar-refractivity contribution in [2.24, 2.45) is 5.92 Å². The van der Waals surface area contributed by atoms with Crippen LogP contribution in [-0.2, 0) is 12.6 Å². The number of hydrogen-bond donors (Lipinski definition) is 1. The van der Waals surface area contributed by atoms with Gasteiger partial charge in [0, 0.05) is 0 Å². The van der Waals surface area contributed by atoms with Crippen molar-refractivity contribution in [3.05, 3.63) is 35.4 Å². The molecule has 1 aromatic carbocycles. The molecule has 0 heterocycles. The molecule has 19 heavy (non-hydrogen) atoms. The summed E-state index contributed by atoms with van der Waals surface area (Å²) in [6, 6.07) is 5.48. The van der Waals surface area contributed by atoms with Gasteiger partial charge in [0.2, 0.25) is 0 Å². The van der Waals surface area contributed by atoms with Crippen molar-refractivity contribution >= 4 is 0 Å². The summed E-state index contributed by atoms with van der Waals surface area (Å²) >= 11 is 0. The lowest BCUT2D eigenvalue weighted by molar-refractivity contribution is -0.137. The van der Waals surface area contributed by atoms with Crippen LogP contribution in [0.25, 0.3) is 0 Å². The smallest absolute Gasteiger partial charge is 0.316 e. The molecular weight excluding hydrogens is 251 g/mol. The monoisotopic (exact) mass is 273 g/mol. The van der Waals surface area contributed by atoms with Gasteiger partial charge in [-0.1, -0.05) is 26.0 Å². The number of alkyl halides is 3. The highest BCUT2D eigenvalue weighted by atomic mass is 19.4. The first kappa shape index (κ1) is 16.0. The molecule has 0 spiro atoms. The molecule has 0 radical (unpaired) electrons. The molecule has 0 fully saturated rings. The fourth-order valence-electron chi connectivity index (χ4n) is 1.90. The van der Waals surface area contributed by atoms with E-state index in [0.29, 0.717) is 5.92 Å². The quantitative estimate of drug-likeness (QED) is 0.731. The molecule has 0 saturated carbocycles. The van der Waals surface area contributed by atoms with E-state index in [1.807, 2.05) is 0 Å². The zero-order valence-corrected chi connectivity index (χ0v) is 11.6. The number of rotatable bonds is 7. The van der Waals surface area contributed by atoms with Crippen LogP contribution in [0, 0.1) is 5.92 Å². The lowest BCUT2D eigenvalue weighted by atomic mass is 10.00. The lowest BCUT2D eigenvalue weighted by Gasteiger charge is -2.12. The van der Waals surface area contributed by atoms with Crippen LogP contribution in [0.3, 0.4) is 0 Å². The van der Waals surface area contributed by atoms with Gasteiger partial charge in [-0.05, 0) is 56.0 Å². The standard InChI is InChI=1S/C15H22F3N/c1-3-10-19-11-12(2)4-5-13-6-8-14(9-7-13)15(16,17)18/h6-9,12,19H,3-5,10-11H2,1-2H3. The Morgan fingerprint density at radius 2 is 1.79 bits per heavy atom. The van der Waals surface area contributed by atoms with Gasteiger partial charge in [-0.3, -0.25) is 0 Å². The average molecular weight is 273 g/mol. The van der Waals surface area contributed by atoms with Gasteiger partial charge >= 0.3 is 6.18 Å². The summed E-state index contributed by atoms with van der Waals surface area (Å²) in [7, 11) is 0. The van der Waals surface area contributed by atoms with Gasteiger partial charge in [0.25, 0.3) is 0 Å². The molecule has 1 N–H and O–H groups in total. The zero-order chi connectivity index (χ0) is 14.3. The summed E-state index contributed by atoms with van der Waals surface area (Å²) in [6.07, 6.45) is -1.31. The maximum Gasteiger partial charge on any atom is 0.416 e. The molecule has 1 aromatic rings. The minimum atomic E-state index is -4.24. The highest BCUT2D eigenvalue weighted by Crippen LogP contribution is 2.29. The predicted molar refractivity (Wildman–Crippen MR) is 72.1 cm³/mol. The Morgan fingerprint density at radius 1 is 1.16 bits per heavy atom. The van der Waals surface area contributed by atoms with Gasteiger partial charge in [0.1, 0.15) is 0 Å². The van der Waals surface area contributed by atoms with Crippen molar-refractivity contribution in [1.29, 1.82) is 0 Å². The number of halogens is 3. The van der Waals surface area contributed by atoms with Crippen LogP contribution in [0.2, 0.25) is 0 Å². The third-order valence-electron chi connectivity index (χ3n) is 3.13. The Hall–Kier alpha value is -1.03. The molecule has 1 unspecified atom stereocenters. The molecule has 0 aliphatic carbocycles. The molecule has 108 valence electrons. The highest BCUT2D eigenvalue weighted by molar-refractivity contribution is 5.24. The van der Waals surface area contributed by atoms with Crippen LogP contribution >= 0.6 is 0 Å². The fourth-order valence-corrected chi connectivity index (χ4v) is 1.90. The first-order valence-corrected chi connectivity index (χ1v) is 6.80. The van der Waals surface area contributed by atoms with E-state index in [4.69, 9.17) is 0 Å². The van der Waals surface area contributed by atoms with Crippen LogP contribution in [0.15, 0.2) is 24.3 Å². The van der Waals surface area contributed by atoms with Gasteiger partial charge in [0.15, 0.2) is 0 Å². The van der Waals surface area contributed by atoms with Crippen molar-refractivity contribution in [2.75, 3.05) is 13.1 Å². The molecule has 0 aromatic heterocycles. The van der Waals surface area contributed by atoms with E-state index < -0.39 is 11.7 Å². The minimum Gasteiger partial charge on any atom is -0.316 e. The number of hydrogen-bond acceptors (Lipinski definition) is 1. The SMILES string of the molecule is CCCNCC(C)CCc1ccc(C(F)(F)F)cc1. The van der Waals surface area contributed by atoms with Crippen molar-refractivity contribution < 1.29 is 13.2 Å². The summed E-state index contributed by atoms with van der Waals surface area (Å²) in [5.41, 5.74) is 0.393. The van der Waals surface area contributed by atoms with Gasteiger partial charge in [-0.15, -0.1) is 0 Å². The van der Waals surface area contributed by atoms with E-state index in [1.165, 1.54) is 0 Å². The molecule has 1 nitrogen and oxygen atoms in total. The zero-order valence-electron chi connectivity index (χ0n) is 11.6. The second-order valence-corrected chi connectivity index (χ2v) is 5.04. The van der Waals surface area contributed by atoms with E-state index in [1.54, 1.807) is 12.1 Å². The molecule has 1 atom stereocenters. The molecule has 4 heteroatoms. The van der Waals surface area contributed by atoms with Crippen molar-refractivity contribution in [2.45, 2.75) is 39.3 Å². The molecule has 1 rings (SSSR count). The number of nitrogens with one attached hydrogen (secondary N) is 1. The normalized spacial score (nSPS) is 13.5. The molecular formula is C15H22F3N. The maximum absolute atomic E-state index is 12.4. The van der Waals surface area contributed by atoms with Crippen molar-refractivity contribution in [3.8, 4) is 0 Å². The summed E-state index contributed by atoms with van der Waals surface area (Å²) in [5.74, 6) is 0.536. The number of benzene rings is 1. The molecule has 0 saturated heterocycles. The van der Waals surface area contributed by atoms with Crippen LogP contribution in [0.5, 0.6) is 0 Å². The third-order valence-corrected chi connectivity index (χ3v) is 3.13. The van der Waals surface area contributed by atoms with Gasteiger partial charge in [-0.2, -0.15) is 13.2 Å². The molecule has 0 aliphatic rings. The summed E-state index contributed by atoms with van der Waals surface area (Å²) in [5, 5.41) is 3.35. The Balaban J connectivity index is 2.37. The Kier molecular flexibility index (Phi) is 6.35. The van der Waals surface area contributed by atoms with Crippen LogP contribution in [0.4, 0.5) is 13.2 Å². The Morgan fingerprint density at radius 3 is 2.32 bits per heavy atom. The minimum absolute atomic E-state index is 0.536. The van der Waals surface area contributed by atoms with Crippen LogP contribution < -0.4 is 5.32 Å². The van der Waals surface area contributed by atoms with E-state index in [-0.39, 0.29) is 0 Å². The van der Waals surface area contributed by atoms with Crippen LogP contribution in [0.1, 0.15) is 37.8 Å². The average Bonchev–Trinajstić information content (AvgIpc) is 2.36. The van der Waals surface area contributed by atoms with E-state index in [9.17, 15) is 13.2 Å². The summed E-state index contributed by atoms with van der Waals surface area (Å²) in [4.78, 5) is 0. The number of aryl methyl sites for hydroxylation is 1. The van der Waals surface area contributed by atoms with E-state index >= 15 is 0 Å². The van der Waals surface area contributed by atoms with Gasteiger partial charge < -0.3 is 5.32 Å². The second kappa shape index (κ2) is 7.53. The van der Waals surface area contributed by atoms with Gasteiger partial charge in [-0.25, -0.2) is 0 Å². The predicted octanol–water partition coefficient (Wildman–Crippen LogP) is 4.27. The molecule has 0 aliphatic heterocycles. The van der Waals surface area contributed by atoms with Gasteiger partial charge in [0.05, 0.1) is 5.56 Å². The van der Waals surface area contributed by atoms with E-state index in [2.05, 4.69) is 19.2 Å². The summed E-state index contributed by atoms with van der Waals surface area (Å²) < 4.78 is 37.2. The van der Waals surface area contributed by atoms with Crippen LogP contribution in [-0.4, -0.2) is 13.1 Å². The first-order valence-electron chi connectivity index (χ1n) is 6.80. The topological polar surface area (TPSA) is 12.0 Å². The first-order chi connectivity index (χ1) is 8.93. The van der Waals surface area contributed by atoms with Crippen molar-refractivity contribution in [1.82, 2.24) is 5.32 Å².